The standard InChI is InChI=1S/C14H17Br/c1-3-4-5-6-7-9-13-10-8-11-14(15)12(13)2/h8,10-11H,3-4,7,9H2,1-2H3. The average Bonchev–Trinajstić information content (AvgIpc) is 2.24. The summed E-state index contributed by atoms with van der Waals surface area (Å²) in [5.41, 5.74) is 2.74. The van der Waals surface area contributed by atoms with E-state index in [1.807, 2.05) is 0 Å². The van der Waals surface area contributed by atoms with Crippen LogP contribution in [0.2, 0.25) is 0 Å². The van der Waals surface area contributed by atoms with Crippen molar-refractivity contribution in [2.75, 3.05) is 0 Å². The van der Waals surface area contributed by atoms with Crippen LogP contribution >= 0.6 is 15.9 Å². The molecule has 15 heavy (non-hydrogen) atoms. The highest BCUT2D eigenvalue weighted by molar-refractivity contribution is 9.10. The fourth-order valence-electron chi connectivity index (χ4n) is 1.42. The van der Waals surface area contributed by atoms with Crippen LogP contribution in [0.15, 0.2) is 22.7 Å². The summed E-state index contributed by atoms with van der Waals surface area (Å²) in [6.07, 6.45) is 4.21. The molecule has 0 aliphatic heterocycles. The summed E-state index contributed by atoms with van der Waals surface area (Å²) in [4.78, 5) is 0. The van der Waals surface area contributed by atoms with Gasteiger partial charge in [-0.1, -0.05) is 35.0 Å². The lowest BCUT2D eigenvalue weighted by Gasteiger charge is -2.04. The molecule has 1 heteroatoms. The van der Waals surface area contributed by atoms with Crippen molar-refractivity contribution in [1.82, 2.24) is 0 Å². The van der Waals surface area contributed by atoms with Gasteiger partial charge in [0.05, 0.1) is 0 Å². The molecule has 0 fully saturated rings. The van der Waals surface area contributed by atoms with Crippen LogP contribution in [0.5, 0.6) is 0 Å². The summed E-state index contributed by atoms with van der Waals surface area (Å²) in [6.45, 7) is 4.31. The van der Waals surface area contributed by atoms with E-state index in [1.165, 1.54) is 15.6 Å². The zero-order chi connectivity index (χ0) is 11.1. The lowest BCUT2D eigenvalue weighted by atomic mass is 10.0. The number of unbranched alkanes of at least 4 members (excludes halogenated alkanes) is 1. The quantitative estimate of drug-likeness (QED) is 0.706. The Balaban J connectivity index is 2.52. The van der Waals surface area contributed by atoms with E-state index < -0.39 is 0 Å². The van der Waals surface area contributed by atoms with Gasteiger partial charge in [-0.05, 0) is 37.0 Å². The van der Waals surface area contributed by atoms with Gasteiger partial charge in [-0.15, -0.1) is 11.8 Å². The molecule has 0 radical (unpaired) electrons. The van der Waals surface area contributed by atoms with Crippen molar-refractivity contribution in [3.63, 3.8) is 0 Å². The monoisotopic (exact) mass is 264 g/mol. The number of hydrogen-bond acceptors (Lipinski definition) is 0. The van der Waals surface area contributed by atoms with Crippen molar-refractivity contribution in [3.05, 3.63) is 33.8 Å². The summed E-state index contributed by atoms with van der Waals surface area (Å²) in [5.74, 6) is 6.39. The van der Waals surface area contributed by atoms with E-state index in [9.17, 15) is 0 Å². The Morgan fingerprint density at radius 3 is 2.67 bits per heavy atom. The maximum absolute atomic E-state index is 3.54. The van der Waals surface area contributed by atoms with E-state index in [0.717, 1.165) is 25.7 Å². The lowest BCUT2D eigenvalue weighted by molar-refractivity contribution is 0.970. The first-order valence-electron chi connectivity index (χ1n) is 5.45. The van der Waals surface area contributed by atoms with E-state index in [4.69, 9.17) is 0 Å². The minimum Gasteiger partial charge on any atom is -0.103 e. The Morgan fingerprint density at radius 2 is 1.93 bits per heavy atom. The van der Waals surface area contributed by atoms with Gasteiger partial charge in [0.1, 0.15) is 0 Å². The minimum atomic E-state index is 0.970. The number of halogens is 1. The first kappa shape index (κ1) is 12.3. The molecule has 0 saturated carbocycles. The molecule has 0 atom stereocenters. The van der Waals surface area contributed by atoms with Gasteiger partial charge in [-0.25, -0.2) is 0 Å². The van der Waals surface area contributed by atoms with Crippen LogP contribution in [0.4, 0.5) is 0 Å². The number of rotatable bonds is 3. The van der Waals surface area contributed by atoms with Crippen LogP contribution in [-0.4, -0.2) is 0 Å². The molecule has 0 aliphatic rings. The summed E-state index contributed by atoms with van der Waals surface area (Å²) < 4.78 is 1.20. The van der Waals surface area contributed by atoms with Gasteiger partial charge in [-0.2, -0.15) is 0 Å². The first-order chi connectivity index (χ1) is 7.25. The molecule has 1 rings (SSSR count). The molecular weight excluding hydrogens is 248 g/mol. The summed E-state index contributed by atoms with van der Waals surface area (Å²) in [6, 6.07) is 6.36. The van der Waals surface area contributed by atoms with Crippen LogP contribution < -0.4 is 0 Å². The molecular formula is C14H17Br. The molecule has 0 amide bonds. The van der Waals surface area contributed by atoms with Gasteiger partial charge in [0.15, 0.2) is 0 Å². The van der Waals surface area contributed by atoms with E-state index in [2.05, 4.69) is 59.8 Å². The van der Waals surface area contributed by atoms with E-state index in [0.29, 0.717) is 0 Å². The Hall–Kier alpha value is -0.740. The molecule has 0 spiro atoms. The molecule has 1 aromatic carbocycles. The summed E-state index contributed by atoms with van der Waals surface area (Å²) >= 11 is 3.54. The van der Waals surface area contributed by atoms with E-state index in [-0.39, 0.29) is 0 Å². The van der Waals surface area contributed by atoms with Gasteiger partial charge in [0.2, 0.25) is 0 Å². The van der Waals surface area contributed by atoms with Crippen molar-refractivity contribution in [2.45, 2.75) is 39.5 Å². The van der Waals surface area contributed by atoms with Gasteiger partial charge >= 0.3 is 0 Å². The zero-order valence-electron chi connectivity index (χ0n) is 9.44. The van der Waals surface area contributed by atoms with Crippen molar-refractivity contribution < 1.29 is 0 Å². The zero-order valence-corrected chi connectivity index (χ0v) is 11.0. The highest BCUT2D eigenvalue weighted by Gasteiger charge is 1.99. The van der Waals surface area contributed by atoms with Crippen LogP contribution in [-0.2, 0) is 6.42 Å². The predicted molar refractivity (Wildman–Crippen MR) is 69.9 cm³/mol. The summed E-state index contributed by atoms with van der Waals surface area (Å²) in [7, 11) is 0. The largest absolute Gasteiger partial charge is 0.103 e. The fourth-order valence-corrected chi connectivity index (χ4v) is 1.83. The maximum Gasteiger partial charge on any atom is 0.0207 e. The molecule has 0 N–H and O–H groups in total. The molecule has 0 unspecified atom stereocenters. The minimum absolute atomic E-state index is 0.970. The van der Waals surface area contributed by atoms with Crippen molar-refractivity contribution >= 4 is 15.9 Å². The normalized spacial score (nSPS) is 9.53. The second-order valence-corrected chi connectivity index (χ2v) is 4.48. The second kappa shape index (κ2) is 6.69. The Morgan fingerprint density at radius 1 is 1.20 bits per heavy atom. The van der Waals surface area contributed by atoms with Gasteiger partial charge in [0.25, 0.3) is 0 Å². The summed E-state index contributed by atoms with van der Waals surface area (Å²) in [5, 5.41) is 0. The number of benzene rings is 1. The van der Waals surface area contributed by atoms with E-state index >= 15 is 0 Å². The molecule has 0 saturated heterocycles. The van der Waals surface area contributed by atoms with Gasteiger partial charge in [0, 0.05) is 17.3 Å². The third kappa shape index (κ3) is 4.10. The van der Waals surface area contributed by atoms with E-state index in [1.54, 1.807) is 0 Å². The maximum atomic E-state index is 3.54. The Kier molecular flexibility index (Phi) is 5.50. The van der Waals surface area contributed by atoms with Crippen LogP contribution in [0.1, 0.15) is 37.3 Å². The second-order valence-electron chi connectivity index (χ2n) is 3.63. The van der Waals surface area contributed by atoms with Crippen LogP contribution in [0.3, 0.4) is 0 Å². The fraction of sp³-hybridized carbons (Fsp3) is 0.429. The molecule has 0 nitrogen and oxygen atoms in total. The molecule has 0 aromatic heterocycles. The van der Waals surface area contributed by atoms with Gasteiger partial charge < -0.3 is 0 Å². The number of hydrogen-bond donors (Lipinski definition) is 0. The van der Waals surface area contributed by atoms with Crippen LogP contribution in [0, 0.1) is 18.8 Å². The molecule has 0 bridgehead atoms. The van der Waals surface area contributed by atoms with Crippen molar-refractivity contribution in [2.24, 2.45) is 0 Å². The third-order valence-corrected chi connectivity index (χ3v) is 3.26. The highest BCUT2D eigenvalue weighted by atomic mass is 79.9. The average molecular weight is 265 g/mol. The molecule has 1 aromatic rings. The highest BCUT2D eigenvalue weighted by Crippen LogP contribution is 2.20. The van der Waals surface area contributed by atoms with Crippen molar-refractivity contribution in [3.8, 4) is 11.8 Å². The molecule has 80 valence electrons. The van der Waals surface area contributed by atoms with Crippen molar-refractivity contribution in [1.29, 1.82) is 0 Å². The first-order valence-corrected chi connectivity index (χ1v) is 6.24. The SMILES string of the molecule is CCCC#CCCc1cccc(Br)c1C. The third-order valence-electron chi connectivity index (χ3n) is 2.40. The Labute approximate surface area is 101 Å². The number of aryl methyl sites for hydroxylation is 1. The van der Waals surface area contributed by atoms with Gasteiger partial charge in [-0.3, -0.25) is 0 Å². The topological polar surface area (TPSA) is 0 Å². The molecule has 0 aliphatic carbocycles. The molecule has 0 heterocycles. The Bertz CT molecular complexity index is 369. The van der Waals surface area contributed by atoms with Crippen LogP contribution in [0.25, 0.3) is 0 Å². The smallest absolute Gasteiger partial charge is 0.0207 e. The predicted octanol–water partition coefficient (Wildman–Crippen LogP) is 4.49. The lowest BCUT2D eigenvalue weighted by Crippen LogP contribution is -1.89.